The van der Waals surface area contributed by atoms with Crippen molar-refractivity contribution >= 4 is 11.6 Å². The van der Waals surface area contributed by atoms with Gasteiger partial charge in [-0.1, -0.05) is 38.1 Å². The van der Waals surface area contributed by atoms with Crippen LogP contribution in [0.25, 0.3) is 16.9 Å². The highest BCUT2D eigenvalue weighted by Gasteiger charge is 2.22. The number of fused-ring (bicyclic) bond motifs is 1. The molecule has 0 fully saturated rings. The molecule has 0 aliphatic heterocycles. The normalized spacial score (nSPS) is 12.4. The second-order valence-corrected chi connectivity index (χ2v) is 8.41. The summed E-state index contributed by atoms with van der Waals surface area (Å²) in [7, 11) is 1.55. The molecule has 1 atom stereocenters. The van der Waals surface area contributed by atoms with Crippen LogP contribution in [0, 0.1) is 0 Å². The maximum atomic E-state index is 13.8. The molecular formula is C26H26F2N4O2. The van der Waals surface area contributed by atoms with Gasteiger partial charge >= 0.3 is 0 Å². The lowest BCUT2D eigenvalue weighted by Gasteiger charge is -2.15. The minimum atomic E-state index is -2.79. The molecule has 0 aliphatic rings. The van der Waals surface area contributed by atoms with Gasteiger partial charge in [-0.25, -0.2) is 18.3 Å². The third-order valence-electron chi connectivity index (χ3n) is 5.80. The van der Waals surface area contributed by atoms with E-state index in [4.69, 9.17) is 4.74 Å². The van der Waals surface area contributed by atoms with Crippen molar-refractivity contribution in [2.45, 2.75) is 39.2 Å². The van der Waals surface area contributed by atoms with Gasteiger partial charge in [0.05, 0.1) is 25.0 Å². The van der Waals surface area contributed by atoms with Crippen LogP contribution < -0.4 is 10.1 Å². The fraction of sp³-hybridized carbons (Fsp3) is 0.269. The van der Waals surface area contributed by atoms with Crippen molar-refractivity contribution < 1.29 is 18.3 Å². The molecule has 2 heterocycles. The van der Waals surface area contributed by atoms with E-state index in [-0.39, 0.29) is 22.9 Å². The first-order chi connectivity index (χ1) is 16.3. The standard InChI is InChI=1S/C26H26F2N4O2/c1-15(2)17-5-7-18(8-6-17)16(3)30-26(33)21-14-29-32-23(24(27)28)13-22(31-25(21)32)19-9-11-20(34-4)12-10-19/h5-16,24H,1-4H3,(H,30,33). The van der Waals surface area contributed by atoms with Crippen molar-refractivity contribution in [3.05, 3.63) is 83.2 Å². The monoisotopic (exact) mass is 464 g/mol. The van der Waals surface area contributed by atoms with Gasteiger partial charge in [-0.2, -0.15) is 5.10 Å². The number of carbonyl (C=O) groups excluding carboxylic acids is 1. The van der Waals surface area contributed by atoms with E-state index in [0.717, 1.165) is 10.1 Å². The molecule has 2 aromatic carbocycles. The summed E-state index contributed by atoms with van der Waals surface area (Å²) < 4.78 is 33.8. The molecule has 0 aliphatic carbocycles. The van der Waals surface area contributed by atoms with Crippen LogP contribution in [0.4, 0.5) is 8.78 Å². The van der Waals surface area contributed by atoms with Crippen LogP contribution >= 0.6 is 0 Å². The Morgan fingerprint density at radius 2 is 1.65 bits per heavy atom. The van der Waals surface area contributed by atoms with Crippen molar-refractivity contribution in [3.8, 4) is 17.0 Å². The van der Waals surface area contributed by atoms with Crippen molar-refractivity contribution in [1.29, 1.82) is 0 Å². The van der Waals surface area contributed by atoms with Gasteiger partial charge < -0.3 is 10.1 Å². The minimum absolute atomic E-state index is 0.0727. The van der Waals surface area contributed by atoms with E-state index in [1.165, 1.54) is 17.8 Å². The largest absolute Gasteiger partial charge is 0.497 e. The molecule has 1 amide bonds. The molecule has 6 nitrogen and oxygen atoms in total. The number of nitrogens with zero attached hydrogens (tertiary/aromatic N) is 3. The second kappa shape index (κ2) is 9.59. The first-order valence-electron chi connectivity index (χ1n) is 11.0. The van der Waals surface area contributed by atoms with E-state index in [9.17, 15) is 13.6 Å². The lowest BCUT2D eigenvalue weighted by Crippen LogP contribution is -2.26. The van der Waals surface area contributed by atoms with Crippen LogP contribution in [-0.4, -0.2) is 27.6 Å². The number of methoxy groups -OCH3 is 1. The molecule has 0 spiro atoms. The Balaban J connectivity index is 1.67. The molecule has 0 saturated carbocycles. The Morgan fingerprint density at radius 1 is 1.00 bits per heavy atom. The topological polar surface area (TPSA) is 68.5 Å². The number of nitrogens with one attached hydrogen (secondary N) is 1. The molecule has 176 valence electrons. The van der Waals surface area contributed by atoms with Gasteiger partial charge in [0.15, 0.2) is 5.65 Å². The highest BCUT2D eigenvalue weighted by atomic mass is 19.3. The summed E-state index contributed by atoms with van der Waals surface area (Å²) in [5, 5.41) is 6.95. The summed E-state index contributed by atoms with van der Waals surface area (Å²) in [6, 6.07) is 15.9. The molecule has 8 heteroatoms. The molecule has 4 rings (SSSR count). The first kappa shape index (κ1) is 23.4. The van der Waals surface area contributed by atoms with E-state index >= 15 is 0 Å². The highest BCUT2D eigenvalue weighted by Crippen LogP contribution is 2.28. The van der Waals surface area contributed by atoms with Crippen molar-refractivity contribution in [2.24, 2.45) is 0 Å². The zero-order chi connectivity index (χ0) is 24.4. The number of halogens is 2. The van der Waals surface area contributed by atoms with Gasteiger partial charge in [-0.15, -0.1) is 0 Å². The van der Waals surface area contributed by atoms with Crippen molar-refractivity contribution in [1.82, 2.24) is 19.9 Å². The average molecular weight is 465 g/mol. The Bertz CT molecular complexity index is 1300. The molecule has 0 saturated heterocycles. The Hall–Kier alpha value is -3.81. The van der Waals surface area contributed by atoms with Crippen molar-refractivity contribution in [2.75, 3.05) is 7.11 Å². The van der Waals surface area contributed by atoms with Gasteiger partial charge in [-0.05, 0) is 54.3 Å². The second-order valence-electron chi connectivity index (χ2n) is 8.41. The minimum Gasteiger partial charge on any atom is -0.497 e. The highest BCUT2D eigenvalue weighted by molar-refractivity contribution is 6.00. The van der Waals surface area contributed by atoms with Crippen LogP contribution in [0.3, 0.4) is 0 Å². The zero-order valence-electron chi connectivity index (χ0n) is 19.4. The number of carbonyl (C=O) groups is 1. The number of ether oxygens (including phenoxy) is 1. The van der Waals surface area contributed by atoms with Crippen LogP contribution in [0.5, 0.6) is 5.75 Å². The molecule has 1 unspecified atom stereocenters. The zero-order valence-corrected chi connectivity index (χ0v) is 19.4. The Kier molecular flexibility index (Phi) is 6.58. The fourth-order valence-corrected chi connectivity index (χ4v) is 3.74. The Morgan fingerprint density at radius 3 is 2.24 bits per heavy atom. The fourth-order valence-electron chi connectivity index (χ4n) is 3.74. The van der Waals surface area contributed by atoms with E-state index in [0.29, 0.717) is 22.9 Å². The average Bonchev–Trinajstić information content (AvgIpc) is 3.27. The molecule has 1 N–H and O–H groups in total. The van der Waals surface area contributed by atoms with Crippen LogP contribution in [-0.2, 0) is 0 Å². The summed E-state index contributed by atoms with van der Waals surface area (Å²) in [6.07, 6.45) is -1.52. The van der Waals surface area contributed by atoms with Gasteiger partial charge in [0.2, 0.25) is 0 Å². The molecule has 0 radical (unpaired) electrons. The summed E-state index contributed by atoms with van der Waals surface area (Å²) in [6.45, 7) is 6.10. The molecule has 2 aromatic heterocycles. The number of hydrogen-bond acceptors (Lipinski definition) is 4. The number of hydrogen-bond donors (Lipinski definition) is 1. The van der Waals surface area contributed by atoms with Gasteiger partial charge in [-0.3, -0.25) is 4.79 Å². The number of rotatable bonds is 7. The van der Waals surface area contributed by atoms with Gasteiger partial charge in [0, 0.05) is 5.56 Å². The van der Waals surface area contributed by atoms with Crippen molar-refractivity contribution in [3.63, 3.8) is 0 Å². The predicted molar refractivity (Wildman–Crippen MR) is 126 cm³/mol. The number of amides is 1. The summed E-state index contributed by atoms with van der Waals surface area (Å²) in [4.78, 5) is 17.6. The quantitative estimate of drug-likeness (QED) is 0.367. The van der Waals surface area contributed by atoms with Crippen LogP contribution in [0.2, 0.25) is 0 Å². The van der Waals surface area contributed by atoms with Crippen LogP contribution in [0.15, 0.2) is 60.8 Å². The summed E-state index contributed by atoms with van der Waals surface area (Å²) >= 11 is 0. The van der Waals surface area contributed by atoms with E-state index in [2.05, 4.69) is 29.2 Å². The van der Waals surface area contributed by atoms with E-state index < -0.39 is 12.3 Å². The molecule has 34 heavy (non-hydrogen) atoms. The van der Waals surface area contributed by atoms with E-state index in [1.807, 2.05) is 31.2 Å². The molecule has 4 aromatic rings. The molecule has 0 bridgehead atoms. The van der Waals surface area contributed by atoms with Gasteiger partial charge in [0.1, 0.15) is 17.0 Å². The summed E-state index contributed by atoms with van der Waals surface area (Å²) in [5.74, 6) is 0.613. The smallest absolute Gasteiger partial charge is 0.280 e. The molecular weight excluding hydrogens is 438 g/mol. The van der Waals surface area contributed by atoms with Gasteiger partial charge in [0.25, 0.3) is 12.3 Å². The predicted octanol–water partition coefficient (Wildman–Crippen LogP) is 5.96. The first-order valence-corrected chi connectivity index (χ1v) is 11.0. The van der Waals surface area contributed by atoms with E-state index in [1.54, 1.807) is 31.4 Å². The maximum absolute atomic E-state index is 13.8. The Labute approximate surface area is 196 Å². The number of benzene rings is 2. The summed E-state index contributed by atoms with van der Waals surface area (Å²) in [5.41, 5.74) is 2.95. The number of aromatic nitrogens is 3. The SMILES string of the molecule is COc1ccc(-c2cc(C(F)F)n3ncc(C(=O)NC(C)c4ccc(C(C)C)cc4)c3n2)cc1. The van der Waals surface area contributed by atoms with Crippen LogP contribution in [0.1, 0.15) is 66.3 Å². The maximum Gasteiger partial charge on any atom is 0.280 e. The lowest BCUT2D eigenvalue weighted by atomic mass is 9.99. The number of alkyl halides is 2. The third kappa shape index (κ3) is 4.62. The lowest BCUT2D eigenvalue weighted by molar-refractivity contribution is 0.0941. The third-order valence-corrected chi connectivity index (χ3v) is 5.80.